The highest BCUT2D eigenvalue weighted by Crippen LogP contribution is 2.28. The van der Waals surface area contributed by atoms with Crippen LogP contribution in [-0.2, 0) is 6.42 Å². The average Bonchev–Trinajstić information content (AvgIpc) is 2.71. The maximum absolute atomic E-state index is 2.35. The lowest BCUT2D eigenvalue weighted by atomic mass is 9.93. The molecule has 4 aromatic rings. The second kappa shape index (κ2) is 7.63. The first kappa shape index (κ1) is 17.3. The van der Waals surface area contributed by atoms with Crippen LogP contribution in [0.25, 0.3) is 22.3 Å². The van der Waals surface area contributed by atoms with Crippen molar-refractivity contribution in [3.05, 3.63) is 119 Å². The van der Waals surface area contributed by atoms with Crippen LogP contribution >= 0.6 is 0 Å². The normalized spacial score (nSPS) is 10.7. The molecule has 0 aromatic heterocycles. The molecule has 0 heteroatoms. The molecule has 0 atom stereocenters. The van der Waals surface area contributed by atoms with E-state index >= 15 is 0 Å². The monoisotopic (exact) mass is 348 g/mol. The third-order valence-corrected chi connectivity index (χ3v) is 5.21. The Bertz CT molecular complexity index is 1040. The maximum atomic E-state index is 2.35. The maximum Gasteiger partial charge on any atom is -0.00255 e. The lowest BCUT2D eigenvalue weighted by molar-refractivity contribution is 1.19. The van der Waals surface area contributed by atoms with Crippen molar-refractivity contribution < 1.29 is 0 Å². The molecule has 0 unspecified atom stereocenters. The van der Waals surface area contributed by atoms with E-state index in [2.05, 4.69) is 111 Å². The first-order valence-corrected chi connectivity index (χ1v) is 9.50. The van der Waals surface area contributed by atoms with E-state index in [4.69, 9.17) is 0 Å². The van der Waals surface area contributed by atoms with Crippen molar-refractivity contribution in [1.29, 1.82) is 0 Å². The van der Waals surface area contributed by atoms with Gasteiger partial charge in [0.05, 0.1) is 0 Å². The summed E-state index contributed by atoms with van der Waals surface area (Å²) in [5, 5.41) is 0. The Kier molecular flexibility index (Phi) is 4.89. The summed E-state index contributed by atoms with van der Waals surface area (Å²) in [4.78, 5) is 0. The van der Waals surface area contributed by atoms with Gasteiger partial charge in [-0.2, -0.15) is 0 Å². The summed E-state index contributed by atoms with van der Waals surface area (Å²) in [7, 11) is 0. The molecular weight excluding hydrogens is 324 g/mol. The minimum Gasteiger partial charge on any atom is -0.0622 e. The van der Waals surface area contributed by atoms with Crippen molar-refractivity contribution in [2.24, 2.45) is 0 Å². The van der Waals surface area contributed by atoms with Crippen LogP contribution < -0.4 is 0 Å². The van der Waals surface area contributed by atoms with Crippen LogP contribution in [0.3, 0.4) is 0 Å². The largest absolute Gasteiger partial charge is 0.0622 e. The molecule has 0 spiro atoms. The summed E-state index contributed by atoms with van der Waals surface area (Å²) in [6, 6.07) is 35.0. The van der Waals surface area contributed by atoms with Gasteiger partial charge in [0.2, 0.25) is 0 Å². The standard InChI is InChI=1S/C27H24/c1-20-8-6-7-11-26(20)27-19-23(13-12-21(27)2)18-22-14-16-25(17-15-22)24-9-4-3-5-10-24/h3-17,19H,18H2,1-2H3. The summed E-state index contributed by atoms with van der Waals surface area (Å²) in [5.41, 5.74) is 10.5. The molecule has 0 nitrogen and oxygen atoms in total. The molecule has 0 heterocycles. The van der Waals surface area contributed by atoms with Gasteiger partial charge in [-0.15, -0.1) is 0 Å². The van der Waals surface area contributed by atoms with E-state index < -0.39 is 0 Å². The molecule has 4 aromatic carbocycles. The van der Waals surface area contributed by atoms with Gasteiger partial charge in [0.15, 0.2) is 0 Å². The van der Waals surface area contributed by atoms with Gasteiger partial charge in [-0.25, -0.2) is 0 Å². The van der Waals surface area contributed by atoms with Crippen LogP contribution in [0, 0.1) is 13.8 Å². The molecule has 0 amide bonds. The number of hydrogen-bond acceptors (Lipinski definition) is 0. The molecule has 0 fully saturated rings. The van der Waals surface area contributed by atoms with Gasteiger partial charge in [-0.1, -0.05) is 97.1 Å². The van der Waals surface area contributed by atoms with Crippen LogP contribution in [0.5, 0.6) is 0 Å². The molecule has 0 saturated carbocycles. The third-order valence-electron chi connectivity index (χ3n) is 5.21. The third kappa shape index (κ3) is 3.85. The Morgan fingerprint density at radius 2 is 1.07 bits per heavy atom. The predicted octanol–water partition coefficient (Wildman–Crippen LogP) is 7.23. The highest BCUT2D eigenvalue weighted by Gasteiger charge is 2.07. The fraction of sp³-hybridized carbons (Fsp3) is 0.111. The van der Waals surface area contributed by atoms with Gasteiger partial charge in [-0.05, 0) is 64.8 Å². The van der Waals surface area contributed by atoms with E-state index in [9.17, 15) is 0 Å². The Morgan fingerprint density at radius 3 is 1.81 bits per heavy atom. The van der Waals surface area contributed by atoms with Gasteiger partial charge in [-0.3, -0.25) is 0 Å². The summed E-state index contributed by atoms with van der Waals surface area (Å²) >= 11 is 0. The zero-order valence-electron chi connectivity index (χ0n) is 15.9. The van der Waals surface area contributed by atoms with Crippen molar-refractivity contribution in [3.8, 4) is 22.3 Å². The molecular formula is C27H24. The summed E-state index contributed by atoms with van der Waals surface area (Å²) < 4.78 is 0. The first-order valence-electron chi connectivity index (χ1n) is 9.50. The quantitative estimate of drug-likeness (QED) is 0.365. The van der Waals surface area contributed by atoms with Gasteiger partial charge in [0.1, 0.15) is 0 Å². The highest BCUT2D eigenvalue weighted by atomic mass is 14.1. The summed E-state index contributed by atoms with van der Waals surface area (Å²) in [6.45, 7) is 4.38. The van der Waals surface area contributed by atoms with E-state index in [-0.39, 0.29) is 0 Å². The Morgan fingerprint density at radius 1 is 0.481 bits per heavy atom. The van der Waals surface area contributed by atoms with E-state index in [0.29, 0.717) is 0 Å². The fourth-order valence-electron chi connectivity index (χ4n) is 3.63. The van der Waals surface area contributed by atoms with Crippen LogP contribution in [0.2, 0.25) is 0 Å². The molecule has 0 aliphatic rings. The average molecular weight is 348 g/mol. The van der Waals surface area contributed by atoms with E-state index in [1.54, 1.807) is 0 Å². The molecule has 0 aliphatic carbocycles. The summed E-state index contributed by atoms with van der Waals surface area (Å²) in [5.74, 6) is 0. The van der Waals surface area contributed by atoms with Crippen LogP contribution in [0.15, 0.2) is 97.1 Å². The SMILES string of the molecule is Cc1ccccc1-c1cc(Cc2ccc(-c3ccccc3)cc2)ccc1C. The molecule has 27 heavy (non-hydrogen) atoms. The molecule has 0 saturated heterocycles. The van der Waals surface area contributed by atoms with Gasteiger partial charge in [0.25, 0.3) is 0 Å². The number of rotatable bonds is 4. The minimum atomic E-state index is 0.953. The molecule has 132 valence electrons. The zero-order chi connectivity index (χ0) is 18.6. The molecule has 0 aliphatic heterocycles. The Hall–Kier alpha value is -3.12. The van der Waals surface area contributed by atoms with Gasteiger partial charge >= 0.3 is 0 Å². The lowest BCUT2D eigenvalue weighted by Crippen LogP contribution is -1.92. The van der Waals surface area contributed by atoms with Crippen LogP contribution in [0.4, 0.5) is 0 Å². The number of aryl methyl sites for hydroxylation is 2. The lowest BCUT2D eigenvalue weighted by Gasteiger charge is -2.12. The van der Waals surface area contributed by atoms with Crippen molar-refractivity contribution in [3.63, 3.8) is 0 Å². The Labute approximate surface area is 162 Å². The van der Waals surface area contributed by atoms with Gasteiger partial charge < -0.3 is 0 Å². The van der Waals surface area contributed by atoms with Crippen molar-refractivity contribution in [1.82, 2.24) is 0 Å². The Balaban J connectivity index is 1.60. The van der Waals surface area contributed by atoms with E-state index in [1.807, 2.05) is 0 Å². The second-order valence-corrected chi connectivity index (χ2v) is 7.20. The minimum absolute atomic E-state index is 0.953. The molecule has 4 rings (SSSR count). The number of hydrogen-bond donors (Lipinski definition) is 0. The molecule has 0 radical (unpaired) electrons. The fourth-order valence-corrected chi connectivity index (χ4v) is 3.63. The topological polar surface area (TPSA) is 0 Å². The van der Waals surface area contributed by atoms with Crippen molar-refractivity contribution >= 4 is 0 Å². The van der Waals surface area contributed by atoms with Crippen LogP contribution in [0.1, 0.15) is 22.3 Å². The molecule has 0 bridgehead atoms. The van der Waals surface area contributed by atoms with E-state index in [0.717, 1.165) is 6.42 Å². The zero-order valence-corrected chi connectivity index (χ0v) is 15.9. The molecule has 0 N–H and O–H groups in total. The van der Waals surface area contributed by atoms with E-state index in [1.165, 1.54) is 44.5 Å². The smallest absolute Gasteiger partial charge is 0.00255 e. The van der Waals surface area contributed by atoms with Crippen LogP contribution in [-0.4, -0.2) is 0 Å². The van der Waals surface area contributed by atoms with Crippen molar-refractivity contribution in [2.75, 3.05) is 0 Å². The van der Waals surface area contributed by atoms with Crippen molar-refractivity contribution in [2.45, 2.75) is 20.3 Å². The second-order valence-electron chi connectivity index (χ2n) is 7.20. The summed E-state index contributed by atoms with van der Waals surface area (Å²) in [6.07, 6.45) is 0.953. The highest BCUT2D eigenvalue weighted by molar-refractivity contribution is 5.71. The van der Waals surface area contributed by atoms with Gasteiger partial charge in [0, 0.05) is 0 Å². The number of benzene rings is 4. The predicted molar refractivity (Wildman–Crippen MR) is 116 cm³/mol. The first-order chi connectivity index (χ1) is 13.2.